The highest BCUT2D eigenvalue weighted by molar-refractivity contribution is 5.40. The van der Waals surface area contributed by atoms with Crippen LogP contribution in [0.3, 0.4) is 0 Å². The summed E-state index contributed by atoms with van der Waals surface area (Å²) in [5.74, 6) is 1.60. The molecule has 0 amide bonds. The molecule has 1 rings (SSSR count). The summed E-state index contributed by atoms with van der Waals surface area (Å²) in [6, 6.07) is 5.79. The van der Waals surface area contributed by atoms with Crippen LogP contribution in [0.5, 0.6) is 11.5 Å². The molecular formula is C14H23NO3. The van der Waals surface area contributed by atoms with Gasteiger partial charge < -0.3 is 14.6 Å². The van der Waals surface area contributed by atoms with Crippen molar-refractivity contribution in [2.75, 3.05) is 27.8 Å². The number of aliphatic hydroxyl groups is 1. The minimum Gasteiger partial charge on any atom is -0.497 e. The zero-order valence-corrected chi connectivity index (χ0v) is 11.6. The highest BCUT2D eigenvalue weighted by Gasteiger charge is 2.10. The first-order valence-electron chi connectivity index (χ1n) is 6.18. The molecule has 1 atom stereocenters. The Balaban J connectivity index is 2.71. The highest BCUT2D eigenvalue weighted by Crippen LogP contribution is 2.25. The first kappa shape index (κ1) is 14.8. The van der Waals surface area contributed by atoms with Crippen molar-refractivity contribution in [3.8, 4) is 11.5 Å². The number of hydrogen-bond acceptors (Lipinski definition) is 4. The van der Waals surface area contributed by atoms with E-state index in [1.807, 2.05) is 32.2 Å². The van der Waals surface area contributed by atoms with E-state index >= 15 is 0 Å². The number of hydrogen-bond donors (Lipinski definition) is 1. The van der Waals surface area contributed by atoms with Crippen LogP contribution < -0.4 is 9.47 Å². The van der Waals surface area contributed by atoms with Gasteiger partial charge in [0.05, 0.1) is 20.3 Å². The molecular weight excluding hydrogens is 230 g/mol. The highest BCUT2D eigenvalue weighted by atomic mass is 16.5. The summed E-state index contributed by atoms with van der Waals surface area (Å²) in [5, 5.41) is 9.62. The van der Waals surface area contributed by atoms with Gasteiger partial charge in [0.15, 0.2) is 0 Å². The molecule has 1 unspecified atom stereocenters. The van der Waals surface area contributed by atoms with Crippen molar-refractivity contribution in [2.24, 2.45) is 0 Å². The van der Waals surface area contributed by atoms with E-state index in [1.165, 1.54) is 0 Å². The molecule has 1 aromatic carbocycles. The summed E-state index contributed by atoms with van der Waals surface area (Å²) in [6.45, 7) is 3.38. The molecule has 0 aliphatic carbocycles. The third kappa shape index (κ3) is 4.20. The summed E-state index contributed by atoms with van der Waals surface area (Å²) < 4.78 is 10.5. The zero-order chi connectivity index (χ0) is 13.5. The van der Waals surface area contributed by atoms with Crippen LogP contribution in [0.4, 0.5) is 0 Å². The Morgan fingerprint density at radius 2 is 2.00 bits per heavy atom. The molecule has 0 saturated heterocycles. The van der Waals surface area contributed by atoms with Crippen molar-refractivity contribution in [1.82, 2.24) is 4.90 Å². The topological polar surface area (TPSA) is 41.9 Å². The summed E-state index contributed by atoms with van der Waals surface area (Å²) in [5.41, 5.74) is 1.09. The maximum absolute atomic E-state index is 9.62. The smallest absolute Gasteiger partial charge is 0.127 e. The number of benzene rings is 1. The number of rotatable bonds is 7. The van der Waals surface area contributed by atoms with Crippen molar-refractivity contribution in [3.63, 3.8) is 0 Å². The number of ether oxygens (including phenoxy) is 2. The van der Waals surface area contributed by atoms with Gasteiger partial charge in [-0.1, -0.05) is 13.0 Å². The SMILES string of the molecule is CCC(O)CN(C)Cc1ccc(OC)cc1OC. The quantitative estimate of drug-likeness (QED) is 0.806. The Morgan fingerprint density at radius 1 is 1.28 bits per heavy atom. The van der Waals surface area contributed by atoms with E-state index in [0.29, 0.717) is 6.54 Å². The number of nitrogens with zero attached hydrogens (tertiary/aromatic N) is 1. The molecule has 4 heteroatoms. The molecule has 1 aromatic rings. The predicted octanol–water partition coefficient (Wildman–Crippen LogP) is 1.91. The van der Waals surface area contributed by atoms with E-state index in [0.717, 1.165) is 30.0 Å². The molecule has 4 nitrogen and oxygen atoms in total. The lowest BCUT2D eigenvalue weighted by Crippen LogP contribution is -2.28. The number of likely N-dealkylation sites (N-methyl/N-ethyl adjacent to an activating group) is 1. The summed E-state index contributed by atoms with van der Waals surface area (Å²) in [6.07, 6.45) is 0.489. The van der Waals surface area contributed by atoms with Crippen molar-refractivity contribution in [2.45, 2.75) is 26.0 Å². The van der Waals surface area contributed by atoms with Crippen LogP contribution in [0.15, 0.2) is 18.2 Å². The first-order chi connectivity index (χ1) is 8.60. The molecule has 1 N–H and O–H groups in total. The maximum atomic E-state index is 9.62. The van der Waals surface area contributed by atoms with Crippen molar-refractivity contribution < 1.29 is 14.6 Å². The van der Waals surface area contributed by atoms with E-state index in [9.17, 15) is 5.11 Å². The van der Waals surface area contributed by atoms with Crippen LogP contribution in [0.1, 0.15) is 18.9 Å². The molecule has 0 aliphatic rings. The van der Waals surface area contributed by atoms with Gasteiger partial charge in [-0.25, -0.2) is 0 Å². The van der Waals surface area contributed by atoms with Crippen molar-refractivity contribution >= 4 is 0 Å². The molecule has 18 heavy (non-hydrogen) atoms. The minimum atomic E-state index is -0.278. The average molecular weight is 253 g/mol. The van der Waals surface area contributed by atoms with Crippen molar-refractivity contribution in [1.29, 1.82) is 0 Å². The van der Waals surface area contributed by atoms with Gasteiger partial charge in [0.2, 0.25) is 0 Å². The third-order valence-corrected chi connectivity index (χ3v) is 2.93. The third-order valence-electron chi connectivity index (χ3n) is 2.93. The Morgan fingerprint density at radius 3 is 2.56 bits per heavy atom. The van der Waals surface area contributed by atoms with Gasteiger partial charge in [-0.05, 0) is 19.5 Å². The Labute approximate surface area is 109 Å². The summed E-state index contributed by atoms with van der Waals surface area (Å²) in [4.78, 5) is 2.08. The van der Waals surface area contributed by atoms with E-state index in [-0.39, 0.29) is 6.10 Å². The fourth-order valence-electron chi connectivity index (χ4n) is 1.83. The van der Waals surface area contributed by atoms with Gasteiger partial charge in [0.1, 0.15) is 11.5 Å². The molecule has 0 heterocycles. The van der Waals surface area contributed by atoms with E-state index in [4.69, 9.17) is 9.47 Å². The van der Waals surface area contributed by atoms with Crippen LogP contribution in [0, 0.1) is 0 Å². The van der Waals surface area contributed by atoms with Crippen LogP contribution >= 0.6 is 0 Å². The molecule has 0 saturated carbocycles. The van der Waals surface area contributed by atoms with E-state index in [1.54, 1.807) is 14.2 Å². The number of methoxy groups -OCH3 is 2. The van der Waals surface area contributed by atoms with Gasteiger partial charge in [-0.2, -0.15) is 0 Å². The van der Waals surface area contributed by atoms with Gasteiger partial charge in [-0.3, -0.25) is 4.90 Å². The maximum Gasteiger partial charge on any atom is 0.127 e. The van der Waals surface area contributed by atoms with Crippen molar-refractivity contribution in [3.05, 3.63) is 23.8 Å². The van der Waals surface area contributed by atoms with E-state index in [2.05, 4.69) is 4.90 Å². The second-order valence-corrected chi connectivity index (χ2v) is 4.44. The molecule has 0 aliphatic heterocycles. The molecule has 0 radical (unpaired) electrons. The van der Waals surface area contributed by atoms with Crippen LogP contribution in [0.2, 0.25) is 0 Å². The lowest BCUT2D eigenvalue weighted by atomic mass is 10.1. The Hall–Kier alpha value is -1.26. The minimum absolute atomic E-state index is 0.278. The molecule has 0 bridgehead atoms. The van der Waals surface area contributed by atoms with Gasteiger partial charge >= 0.3 is 0 Å². The largest absolute Gasteiger partial charge is 0.497 e. The van der Waals surface area contributed by atoms with Crippen LogP contribution in [-0.4, -0.2) is 43.9 Å². The van der Waals surface area contributed by atoms with Gasteiger partial charge in [-0.15, -0.1) is 0 Å². The zero-order valence-electron chi connectivity index (χ0n) is 11.6. The molecule has 102 valence electrons. The van der Waals surface area contributed by atoms with Crippen LogP contribution in [-0.2, 0) is 6.54 Å². The second kappa shape index (κ2) is 7.24. The lowest BCUT2D eigenvalue weighted by Gasteiger charge is -2.21. The Bertz CT molecular complexity index is 368. The standard InChI is InChI=1S/C14H23NO3/c1-5-12(16)10-15(2)9-11-6-7-13(17-3)8-14(11)18-4/h6-8,12,16H,5,9-10H2,1-4H3. The summed E-state index contributed by atoms with van der Waals surface area (Å²) in [7, 11) is 5.28. The lowest BCUT2D eigenvalue weighted by molar-refractivity contribution is 0.119. The number of aliphatic hydroxyl groups excluding tert-OH is 1. The molecule has 0 spiro atoms. The molecule has 0 aromatic heterocycles. The average Bonchev–Trinajstić information content (AvgIpc) is 2.38. The molecule has 0 fully saturated rings. The summed E-state index contributed by atoms with van der Waals surface area (Å²) >= 11 is 0. The van der Waals surface area contributed by atoms with Gasteiger partial charge in [0, 0.05) is 24.7 Å². The van der Waals surface area contributed by atoms with Crippen LogP contribution in [0.25, 0.3) is 0 Å². The second-order valence-electron chi connectivity index (χ2n) is 4.44. The Kier molecular flexibility index (Phi) is 5.95. The normalized spacial score (nSPS) is 12.6. The first-order valence-corrected chi connectivity index (χ1v) is 6.18. The predicted molar refractivity (Wildman–Crippen MR) is 72.2 cm³/mol. The van der Waals surface area contributed by atoms with E-state index < -0.39 is 0 Å². The monoisotopic (exact) mass is 253 g/mol. The van der Waals surface area contributed by atoms with Gasteiger partial charge in [0.25, 0.3) is 0 Å². The fourth-order valence-corrected chi connectivity index (χ4v) is 1.83. The fraction of sp³-hybridized carbons (Fsp3) is 0.571.